The number of terminal acetylenes is 1. The molecule has 0 aromatic carbocycles. The highest BCUT2D eigenvalue weighted by Crippen LogP contribution is 2.07. The standard InChI is InChI=1S/C9H13Br/c1-4-8(2)5-6-9(3)7-10/h1,5,9H,6-7H2,2-3H3/b8-5+. The molecule has 0 rings (SSSR count). The minimum Gasteiger partial charge on any atom is -0.115 e. The minimum atomic E-state index is 0.684. The van der Waals surface area contributed by atoms with Gasteiger partial charge in [-0.1, -0.05) is 34.9 Å². The summed E-state index contributed by atoms with van der Waals surface area (Å²) < 4.78 is 0. The van der Waals surface area contributed by atoms with Crippen molar-refractivity contribution in [1.82, 2.24) is 0 Å². The third kappa shape index (κ3) is 4.64. The molecule has 0 spiro atoms. The Kier molecular flexibility index (Phi) is 5.43. The minimum absolute atomic E-state index is 0.684. The van der Waals surface area contributed by atoms with Gasteiger partial charge in [0.2, 0.25) is 0 Å². The first-order valence-electron chi connectivity index (χ1n) is 3.40. The summed E-state index contributed by atoms with van der Waals surface area (Å²) in [6.07, 6.45) is 8.34. The molecule has 0 aliphatic carbocycles. The van der Waals surface area contributed by atoms with Gasteiger partial charge in [0, 0.05) is 5.33 Å². The van der Waals surface area contributed by atoms with E-state index < -0.39 is 0 Å². The van der Waals surface area contributed by atoms with Crippen LogP contribution in [0.15, 0.2) is 11.6 Å². The highest BCUT2D eigenvalue weighted by Gasteiger charge is 1.94. The van der Waals surface area contributed by atoms with E-state index in [0.717, 1.165) is 17.3 Å². The molecule has 1 unspecified atom stereocenters. The van der Waals surface area contributed by atoms with E-state index in [0.29, 0.717) is 5.92 Å². The lowest BCUT2D eigenvalue weighted by Gasteiger charge is -2.01. The number of halogens is 1. The van der Waals surface area contributed by atoms with Gasteiger partial charge in [0.05, 0.1) is 0 Å². The van der Waals surface area contributed by atoms with Gasteiger partial charge in [0.1, 0.15) is 0 Å². The summed E-state index contributed by atoms with van der Waals surface area (Å²) in [5.41, 5.74) is 1.04. The van der Waals surface area contributed by atoms with Gasteiger partial charge >= 0.3 is 0 Å². The van der Waals surface area contributed by atoms with Crippen LogP contribution in [0, 0.1) is 18.3 Å². The van der Waals surface area contributed by atoms with Gasteiger partial charge in [-0.2, -0.15) is 0 Å². The molecule has 56 valence electrons. The predicted molar refractivity (Wildman–Crippen MR) is 50.2 cm³/mol. The van der Waals surface area contributed by atoms with Gasteiger partial charge in [-0.05, 0) is 24.8 Å². The Morgan fingerprint density at radius 1 is 1.80 bits per heavy atom. The van der Waals surface area contributed by atoms with E-state index in [9.17, 15) is 0 Å². The molecular formula is C9H13Br. The molecule has 1 atom stereocenters. The summed E-state index contributed by atoms with van der Waals surface area (Å²) >= 11 is 3.41. The summed E-state index contributed by atoms with van der Waals surface area (Å²) in [6.45, 7) is 4.15. The van der Waals surface area contributed by atoms with E-state index in [1.807, 2.05) is 6.92 Å². The third-order valence-corrected chi connectivity index (χ3v) is 2.42. The summed E-state index contributed by atoms with van der Waals surface area (Å²) in [6, 6.07) is 0. The van der Waals surface area contributed by atoms with E-state index in [1.54, 1.807) is 0 Å². The number of alkyl halides is 1. The van der Waals surface area contributed by atoms with E-state index in [2.05, 4.69) is 34.9 Å². The van der Waals surface area contributed by atoms with Crippen molar-refractivity contribution in [3.63, 3.8) is 0 Å². The molecule has 0 N–H and O–H groups in total. The quantitative estimate of drug-likeness (QED) is 0.486. The first-order chi connectivity index (χ1) is 4.70. The van der Waals surface area contributed by atoms with Crippen molar-refractivity contribution in [2.45, 2.75) is 20.3 Å². The Bertz CT molecular complexity index is 151. The van der Waals surface area contributed by atoms with Gasteiger partial charge in [-0.15, -0.1) is 6.42 Å². The number of hydrogen-bond acceptors (Lipinski definition) is 0. The second-order valence-corrected chi connectivity index (χ2v) is 3.17. The zero-order chi connectivity index (χ0) is 7.98. The van der Waals surface area contributed by atoms with Crippen LogP contribution in [-0.2, 0) is 0 Å². The molecule has 0 saturated carbocycles. The largest absolute Gasteiger partial charge is 0.115 e. The average Bonchev–Trinajstić information content (AvgIpc) is 1.99. The molecule has 1 heteroatoms. The molecule has 0 fully saturated rings. The van der Waals surface area contributed by atoms with Crippen molar-refractivity contribution in [3.8, 4) is 12.3 Å². The Balaban J connectivity index is 3.63. The lowest BCUT2D eigenvalue weighted by atomic mass is 10.1. The van der Waals surface area contributed by atoms with Crippen molar-refractivity contribution in [1.29, 1.82) is 0 Å². The van der Waals surface area contributed by atoms with Crippen LogP contribution in [-0.4, -0.2) is 5.33 Å². The van der Waals surface area contributed by atoms with Crippen LogP contribution in [0.2, 0.25) is 0 Å². The molecule has 10 heavy (non-hydrogen) atoms. The molecule has 0 nitrogen and oxygen atoms in total. The zero-order valence-electron chi connectivity index (χ0n) is 6.52. The summed E-state index contributed by atoms with van der Waals surface area (Å²) in [4.78, 5) is 0. The van der Waals surface area contributed by atoms with E-state index >= 15 is 0 Å². The van der Waals surface area contributed by atoms with E-state index in [4.69, 9.17) is 6.42 Å². The van der Waals surface area contributed by atoms with E-state index in [1.165, 1.54) is 0 Å². The fourth-order valence-corrected chi connectivity index (χ4v) is 0.764. The molecule has 0 aromatic heterocycles. The van der Waals surface area contributed by atoms with Crippen molar-refractivity contribution >= 4 is 15.9 Å². The van der Waals surface area contributed by atoms with Crippen LogP contribution in [0.3, 0.4) is 0 Å². The first kappa shape index (κ1) is 9.78. The topological polar surface area (TPSA) is 0 Å². The maximum absolute atomic E-state index is 5.17. The molecule has 0 amide bonds. The molecule has 0 saturated heterocycles. The number of allylic oxidation sites excluding steroid dienone is 2. The summed E-state index contributed by atoms with van der Waals surface area (Å²) in [5.74, 6) is 3.27. The van der Waals surface area contributed by atoms with Gasteiger partial charge in [0.15, 0.2) is 0 Å². The molecular weight excluding hydrogens is 188 g/mol. The van der Waals surface area contributed by atoms with Crippen LogP contribution in [0.4, 0.5) is 0 Å². The fraction of sp³-hybridized carbons (Fsp3) is 0.556. The lowest BCUT2D eigenvalue weighted by Crippen LogP contribution is -1.92. The van der Waals surface area contributed by atoms with Crippen molar-refractivity contribution < 1.29 is 0 Å². The van der Waals surface area contributed by atoms with Gasteiger partial charge < -0.3 is 0 Å². The smallest absolute Gasteiger partial charge is 0.00600 e. The van der Waals surface area contributed by atoms with Crippen LogP contribution < -0.4 is 0 Å². The second kappa shape index (κ2) is 5.56. The lowest BCUT2D eigenvalue weighted by molar-refractivity contribution is 0.679. The fourth-order valence-electron chi connectivity index (χ4n) is 0.500. The highest BCUT2D eigenvalue weighted by molar-refractivity contribution is 9.09. The predicted octanol–water partition coefficient (Wildman–Crippen LogP) is 2.99. The van der Waals surface area contributed by atoms with Crippen molar-refractivity contribution in [3.05, 3.63) is 11.6 Å². The molecule has 0 heterocycles. The average molecular weight is 201 g/mol. The zero-order valence-corrected chi connectivity index (χ0v) is 8.11. The van der Waals surface area contributed by atoms with E-state index in [-0.39, 0.29) is 0 Å². The Morgan fingerprint density at radius 2 is 2.40 bits per heavy atom. The normalized spacial score (nSPS) is 14.4. The molecule has 0 aliphatic rings. The third-order valence-electron chi connectivity index (χ3n) is 1.32. The summed E-state index contributed by atoms with van der Waals surface area (Å²) in [7, 11) is 0. The van der Waals surface area contributed by atoms with Crippen molar-refractivity contribution in [2.75, 3.05) is 5.33 Å². The summed E-state index contributed by atoms with van der Waals surface area (Å²) in [5, 5.41) is 1.04. The Hall–Kier alpha value is -0.220. The highest BCUT2D eigenvalue weighted by atomic mass is 79.9. The van der Waals surface area contributed by atoms with Gasteiger partial charge in [0.25, 0.3) is 0 Å². The number of hydrogen-bond donors (Lipinski definition) is 0. The van der Waals surface area contributed by atoms with Crippen molar-refractivity contribution in [2.24, 2.45) is 5.92 Å². The maximum Gasteiger partial charge on any atom is 0.00600 e. The van der Waals surface area contributed by atoms with Crippen LogP contribution in [0.1, 0.15) is 20.3 Å². The van der Waals surface area contributed by atoms with Crippen LogP contribution in [0.25, 0.3) is 0 Å². The molecule has 0 radical (unpaired) electrons. The van der Waals surface area contributed by atoms with Gasteiger partial charge in [-0.25, -0.2) is 0 Å². The molecule has 0 aliphatic heterocycles. The molecule has 0 bridgehead atoms. The second-order valence-electron chi connectivity index (χ2n) is 2.53. The number of rotatable bonds is 3. The van der Waals surface area contributed by atoms with Gasteiger partial charge in [-0.3, -0.25) is 0 Å². The SMILES string of the molecule is C#C/C(C)=C/CC(C)CBr. The van der Waals surface area contributed by atoms with Crippen LogP contribution in [0.5, 0.6) is 0 Å². The first-order valence-corrected chi connectivity index (χ1v) is 4.52. The maximum atomic E-state index is 5.17. The Morgan fingerprint density at radius 3 is 2.80 bits per heavy atom. The van der Waals surface area contributed by atoms with Crippen LogP contribution >= 0.6 is 15.9 Å². The molecule has 0 aromatic rings. The Labute approximate surface area is 71.8 Å². The monoisotopic (exact) mass is 200 g/mol.